The van der Waals surface area contributed by atoms with Crippen molar-refractivity contribution in [2.45, 2.75) is 29.9 Å². The van der Waals surface area contributed by atoms with Crippen molar-refractivity contribution in [2.24, 2.45) is 0 Å². The molecule has 2 aromatic carbocycles. The maximum atomic E-state index is 12.8. The van der Waals surface area contributed by atoms with Crippen LogP contribution in [0.4, 0.5) is 0 Å². The van der Waals surface area contributed by atoms with E-state index in [1.54, 1.807) is 11.8 Å². The van der Waals surface area contributed by atoms with E-state index >= 15 is 0 Å². The molecule has 0 aromatic heterocycles. The molecule has 1 aliphatic rings. The first-order valence-electron chi connectivity index (χ1n) is 7.98. The van der Waals surface area contributed by atoms with Gasteiger partial charge in [-0.2, -0.15) is 0 Å². The van der Waals surface area contributed by atoms with E-state index < -0.39 is 6.10 Å². The summed E-state index contributed by atoms with van der Waals surface area (Å²) in [6.07, 6.45) is 2.79. The molecule has 1 heterocycles. The summed E-state index contributed by atoms with van der Waals surface area (Å²) in [5, 5.41) is 10.5. The molecule has 1 saturated heterocycles. The molecule has 2 aromatic rings. The van der Waals surface area contributed by atoms with Crippen molar-refractivity contribution < 1.29 is 9.90 Å². The molecule has 1 amide bonds. The van der Waals surface area contributed by atoms with Gasteiger partial charge in [0.15, 0.2) is 6.10 Å². The number of likely N-dealkylation sites (tertiary alicyclic amines) is 1. The number of carbonyl (C=O) groups is 1. The molecule has 0 saturated carbocycles. The average molecular weight is 406 g/mol. The molecule has 1 fully saturated rings. The first-order valence-corrected chi connectivity index (χ1v) is 10.00. The Hall–Kier alpha value is -1.30. The van der Waals surface area contributed by atoms with E-state index in [0.29, 0.717) is 12.1 Å². The van der Waals surface area contributed by atoms with E-state index in [0.717, 1.165) is 27.8 Å². The Labute approximate surface area is 155 Å². The SMILES string of the molecule is CSc1ccc(C(O)C(=O)N2CCCC2c2cccc(Br)c2)cc1. The highest BCUT2D eigenvalue weighted by Gasteiger charge is 2.33. The minimum absolute atomic E-state index is 0.0371. The molecule has 2 atom stereocenters. The van der Waals surface area contributed by atoms with Crippen LogP contribution in [-0.4, -0.2) is 28.7 Å². The number of aliphatic hydroxyl groups is 1. The van der Waals surface area contributed by atoms with Gasteiger partial charge in [-0.1, -0.05) is 40.2 Å². The van der Waals surface area contributed by atoms with Crippen molar-refractivity contribution in [3.05, 3.63) is 64.1 Å². The third-order valence-corrected chi connectivity index (χ3v) is 5.67. The summed E-state index contributed by atoms with van der Waals surface area (Å²) in [6.45, 7) is 0.690. The predicted molar refractivity (Wildman–Crippen MR) is 101 cm³/mol. The van der Waals surface area contributed by atoms with Crippen molar-refractivity contribution in [2.75, 3.05) is 12.8 Å². The number of nitrogens with zero attached hydrogens (tertiary/aromatic N) is 1. The quantitative estimate of drug-likeness (QED) is 0.757. The van der Waals surface area contributed by atoms with Crippen LogP contribution in [0.2, 0.25) is 0 Å². The largest absolute Gasteiger partial charge is 0.378 e. The topological polar surface area (TPSA) is 40.5 Å². The smallest absolute Gasteiger partial charge is 0.256 e. The number of thioether (sulfide) groups is 1. The van der Waals surface area contributed by atoms with Crippen molar-refractivity contribution in [3.8, 4) is 0 Å². The summed E-state index contributed by atoms with van der Waals surface area (Å²) in [5.41, 5.74) is 1.76. The van der Waals surface area contributed by atoms with Crippen molar-refractivity contribution in [3.63, 3.8) is 0 Å². The first-order chi connectivity index (χ1) is 11.6. The summed E-state index contributed by atoms with van der Waals surface area (Å²) in [7, 11) is 0. The standard InChI is InChI=1S/C19H20BrNO2S/c1-24-16-9-7-13(8-10-16)18(22)19(23)21-11-3-6-17(21)14-4-2-5-15(20)12-14/h2,4-5,7-10,12,17-18,22H,3,6,11H2,1H3. The number of hydrogen-bond acceptors (Lipinski definition) is 3. The summed E-state index contributed by atoms with van der Waals surface area (Å²) in [4.78, 5) is 15.8. The van der Waals surface area contributed by atoms with Gasteiger partial charge in [-0.15, -0.1) is 11.8 Å². The molecule has 0 spiro atoms. The highest BCUT2D eigenvalue weighted by molar-refractivity contribution is 9.10. The van der Waals surface area contributed by atoms with Crippen LogP contribution in [0, 0.1) is 0 Å². The second kappa shape index (κ2) is 7.72. The van der Waals surface area contributed by atoms with Gasteiger partial charge in [-0.05, 0) is 54.5 Å². The molecular weight excluding hydrogens is 386 g/mol. The Morgan fingerprint density at radius 1 is 1.29 bits per heavy atom. The Balaban J connectivity index is 1.79. The minimum Gasteiger partial charge on any atom is -0.378 e. The van der Waals surface area contributed by atoms with Crippen LogP contribution in [0.1, 0.15) is 36.1 Å². The zero-order valence-corrected chi connectivity index (χ0v) is 15.9. The number of benzene rings is 2. The monoisotopic (exact) mass is 405 g/mol. The Morgan fingerprint density at radius 3 is 2.71 bits per heavy atom. The zero-order valence-electron chi connectivity index (χ0n) is 13.5. The summed E-state index contributed by atoms with van der Waals surface area (Å²) in [6, 6.07) is 15.6. The molecule has 5 heteroatoms. The molecule has 1 aliphatic heterocycles. The highest BCUT2D eigenvalue weighted by atomic mass is 79.9. The molecule has 1 N–H and O–H groups in total. The highest BCUT2D eigenvalue weighted by Crippen LogP contribution is 2.35. The van der Waals surface area contributed by atoms with Gasteiger partial charge in [0.1, 0.15) is 0 Å². The Bertz CT molecular complexity index is 720. The summed E-state index contributed by atoms with van der Waals surface area (Å²) >= 11 is 5.13. The second-order valence-electron chi connectivity index (χ2n) is 5.92. The van der Waals surface area contributed by atoms with Gasteiger partial charge < -0.3 is 10.0 Å². The number of rotatable bonds is 4. The van der Waals surface area contributed by atoms with Crippen LogP contribution in [0.15, 0.2) is 57.9 Å². The van der Waals surface area contributed by atoms with Gasteiger partial charge in [0.2, 0.25) is 0 Å². The van der Waals surface area contributed by atoms with E-state index in [2.05, 4.69) is 22.0 Å². The normalized spacial score (nSPS) is 18.6. The summed E-state index contributed by atoms with van der Waals surface area (Å²) < 4.78 is 1.01. The maximum Gasteiger partial charge on any atom is 0.256 e. The molecule has 24 heavy (non-hydrogen) atoms. The first kappa shape index (κ1) is 17.5. The fourth-order valence-electron chi connectivity index (χ4n) is 3.18. The van der Waals surface area contributed by atoms with Crippen LogP contribution in [0.3, 0.4) is 0 Å². The van der Waals surface area contributed by atoms with Crippen LogP contribution in [0.25, 0.3) is 0 Å². The van der Waals surface area contributed by atoms with E-state index in [4.69, 9.17) is 0 Å². The number of carbonyl (C=O) groups excluding carboxylic acids is 1. The van der Waals surface area contributed by atoms with Crippen LogP contribution in [0.5, 0.6) is 0 Å². The van der Waals surface area contributed by atoms with Crippen molar-refractivity contribution >= 4 is 33.6 Å². The number of aliphatic hydroxyl groups excluding tert-OH is 1. The maximum absolute atomic E-state index is 12.8. The third kappa shape index (κ3) is 3.68. The molecule has 3 nitrogen and oxygen atoms in total. The second-order valence-corrected chi connectivity index (χ2v) is 7.72. The number of hydrogen-bond donors (Lipinski definition) is 1. The molecule has 126 valence electrons. The summed E-state index contributed by atoms with van der Waals surface area (Å²) in [5.74, 6) is -0.214. The lowest BCUT2D eigenvalue weighted by atomic mass is 10.0. The van der Waals surface area contributed by atoms with Crippen LogP contribution < -0.4 is 0 Å². The van der Waals surface area contributed by atoms with Gasteiger partial charge in [0.05, 0.1) is 6.04 Å². The lowest BCUT2D eigenvalue weighted by Crippen LogP contribution is -2.34. The van der Waals surface area contributed by atoms with Gasteiger partial charge in [-0.3, -0.25) is 4.79 Å². The Morgan fingerprint density at radius 2 is 2.04 bits per heavy atom. The molecule has 0 aliphatic carbocycles. The number of amides is 1. The molecule has 0 bridgehead atoms. The van der Waals surface area contributed by atoms with Gasteiger partial charge >= 0.3 is 0 Å². The van der Waals surface area contributed by atoms with Crippen molar-refractivity contribution in [1.82, 2.24) is 4.90 Å². The van der Waals surface area contributed by atoms with E-state index in [1.807, 2.05) is 53.6 Å². The van der Waals surface area contributed by atoms with E-state index in [9.17, 15) is 9.90 Å². The predicted octanol–water partition coefficient (Wildman–Crippen LogP) is 4.57. The third-order valence-electron chi connectivity index (χ3n) is 4.43. The van der Waals surface area contributed by atoms with Gasteiger partial charge in [0, 0.05) is 15.9 Å². The lowest BCUT2D eigenvalue weighted by molar-refractivity contribution is -0.141. The zero-order chi connectivity index (χ0) is 17.1. The fourth-order valence-corrected chi connectivity index (χ4v) is 4.00. The van der Waals surface area contributed by atoms with Gasteiger partial charge in [-0.25, -0.2) is 0 Å². The molecular formula is C19H20BrNO2S. The fraction of sp³-hybridized carbons (Fsp3) is 0.316. The molecule has 0 radical (unpaired) electrons. The minimum atomic E-state index is -1.10. The average Bonchev–Trinajstić information content (AvgIpc) is 3.10. The Kier molecular flexibility index (Phi) is 5.64. The van der Waals surface area contributed by atoms with Gasteiger partial charge in [0.25, 0.3) is 5.91 Å². The van der Waals surface area contributed by atoms with E-state index in [1.165, 1.54) is 0 Å². The molecule has 2 unspecified atom stereocenters. The molecule has 3 rings (SSSR count). The number of halogens is 1. The van der Waals surface area contributed by atoms with E-state index in [-0.39, 0.29) is 11.9 Å². The van der Waals surface area contributed by atoms with Crippen LogP contribution >= 0.6 is 27.7 Å². The van der Waals surface area contributed by atoms with Crippen molar-refractivity contribution in [1.29, 1.82) is 0 Å². The lowest BCUT2D eigenvalue weighted by Gasteiger charge is -2.27. The van der Waals surface area contributed by atoms with Crippen LogP contribution in [-0.2, 0) is 4.79 Å².